The van der Waals surface area contributed by atoms with Crippen molar-refractivity contribution < 1.29 is 19.0 Å². The second-order valence-corrected chi connectivity index (χ2v) is 4.66. The Morgan fingerprint density at radius 2 is 2.25 bits per heavy atom. The van der Waals surface area contributed by atoms with Gasteiger partial charge in [0.05, 0.1) is 12.8 Å². The van der Waals surface area contributed by atoms with E-state index in [-0.39, 0.29) is 11.4 Å². The molecule has 5 nitrogen and oxygen atoms in total. The van der Waals surface area contributed by atoms with Crippen molar-refractivity contribution in [2.45, 2.75) is 19.3 Å². The van der Waals surface area contributed by atoms with Crippen LogP contribution in [0.1, 0.15) is 28.2 Å². The Morgan fingerprint density at radius 3 is 2.90 bits per heavy atom. The van der Waals surface area contributed by atoms with Crippen molar-refractivity contribution in [2.24, 2.45) is 0 Å². The number of hydrogen-bond donors (Lipinski definition) is 1. The summed E-state index contributed by atoms with van der Waals surface area (Å²) in [5.41, 5.74) is 2.18. The van der Waals surface area contributed by atoms with Crippen molar-refractivity contribution in [3.63, 3.8) is 0 Å². The topological polar surface area (TPSA) is 64.4 Å². The van der Waals surface area contributed by atoms with Gasteiger partial charge in [-0.25, -0.2) is 13.9 Å². The van der Waals surface area contributed by atoms with Gasteiger partial charge in [0.25, 0.3) is 0 Å². The fourth-order valence-corrected chi connectivity index (χ4v) is 2.61. The van der Waals surface area contributed by atoms with E-state index in [1.54, 1.807) is 6.07 Å². The maximum atomic E-state index is 13.8. The lowest BCUT2D eigenvalue weighted by Gasteiger charge is -2.07. The van der Waals surface area contributed by atoms with Crippen LogP contribution in [0.5, 0.6) is 5.75 Å². The van der Waals surface area contributed by atoms with Gasteiger partial charge in [-0.1, -0.05) is 0 Å². The third-order valence-corrected chi connectivity index (χ3v) is 3.51. The second kappa shape index (κ2) is 4.63. The number of carbonyl (C=O) groups is 1. The summed E-state index contributed by atoms with van der Waals surface area (Å²) in [6.45, 7) is 0. The predicted molar refractivity (Wildman–Crippen MR) is 69.1 cm³/mol. The highest BCUT2D eigenvalue weighted by molar-refractivity contribution is 5.87. The number of nitrogens with zero attached hydrogens (tertiary/aromatic N) is 2. The minimum atomic E-state index is -1.05. The summed E-state index contributed by atoms with van der Waals surface area (Å²) in [4.78, 5) is 11.2. The number of carboxylic acids is 1. The van der Waals surface area contributed by atoms with Gasteiger partial charge in [0.2, 0.25) is 0 Å². The lowest BCUT2D eigenvalue weighted by atomic mass is 10.2. The van der Waals surface area contributed by atoms with Gasteiger partial charge in [0.1, 0.15) is 0 Å². The van der Waals surface area contributed by atoms with Crippen LogP contribution in [0.15, 0.2) is 18.2 Å². The van der Waals surface area contributed by atoms with Gasteiger partial charge < -0.3 is 9.84 Å². The van der Waals surface area contributed by atoms with Crippen LogP contribution in [0.3, 0.4) is 0 Å². The van der Waals surface area contributed by atoms with Gasteiger partial charge in [-0.3, -0.25) is 0 Å². The standard InChI is InChI=1S/C14H13FN2O3/c1-20-12-6-5-8(7-10(12)15)17-11-4-2-3-9(11)13(16-17)14(18)19/h5-7H,2-4H2,1H3,(H,18,19). The van der Waals surface area contributed by atoms with Crippen LogP contribution in [0.4, 0.5) is 4.39 Å². The number of halogens is 1. The fourth-order valence-electron chi connectivity index (χ4n) is 2.61. The molecule has 1 aliphatic carbocycles. The number of aromatic carboxylic acids is 1. The SMILES string of the molecule is COc1ccc(-n2nc(C(=O)O)c3c2CCC3)cc1F. The average molecular weight is 276 g/mol. The Balaban J connectivity index is 2.13. The van der Waals surface area contributed by atoms with Gasteiger partial charge in [0, 0.05) is 17.3 Å². The molecule has 1 aliphatic rings. The van der Waals surface area contributed by atoms with E-state index in [0.29, 0.717) is 12.1 Å². The van der Waals surface area contributed by atoms with E-state index in [9.17, 15) is 14.3 Å². The Labute approximate surface area is 114 Å². The van der Waals surface area contributed by atoms with E-state index in [1.165, 1.54) is 23.9 Å². The molecule has 0 saturated carbocycles. The number of aromatic nitrogens is 2. The van der Waals surface area contributed by atoms with Crippen molar-refractivity contribution >= 4 is 5.97 Å². The maximum Gasteiger partial charge on any atom is 0.356 e. The number of carboxylic acid groups (broad SMARTS) is 1. The van der Waals surface area contributed by atoms with Crippen molar-refractivity contribution in [2.75, 3.05) is 7.11 Å². The van der Waals surface area contributed by atoms with Crippen LogP contribution >= 0.6 is 0 Å². The van der Waals surface area contributed by atoms with Gasteiger partial charge in [-0.05, 0) is 31.4 Å². The van der Waals surface area contributed by atoms with Crippen LogP contribution in [-0.4, -0.2) is 28.0 Å². The summed E-state index contributed by atoms with van der Waals surface area (Å²) < 4.78 is 20.2. The first-order valence-corrected chi connectivity index (χ1v) is 6.30. The maximum absolute atomic E-state index is 13.8. The van der Waals surface area contributed by atoms with Crippen molar-refractivity contribution in [1.82, 2.24) is 9.78 Å². The molecule has 1 aromatic carbocycles. The number of ether oxygens (including phenoxy) is 1. The molecule has 2 aromatic rings. The molecule has 1 heterocycles. The van der Waals surface area contributed by atoms with E-state index in [0.717, 1.165) is 24.1 Å². The van der Waals surface area contributed by atoms with E-state index >= 15 is 0 Å². The first-order chi connectivity index (χ1) is 9.61. The normalized spacial score (nSPS) is 13.3. The minimum Gasteiger partial charge on any atom is -0.494 e. The first kappa shape index (κ1) is 12.7. The molecule has 0 saturated heterocycles. The highest BCUT2D eigenvalue weighted by Crippen LogP contribution is 2.29. The van der Waals surface area contributed by atoms with E-state index in [1.807, 2.05) is 0 Å². The minimum absolute atomic E-state index is 0.0636. The first-order valence-electron chi connectivity index (χ1n) is 6.30. The summed E-state index contributed by atoms with van der Waals surface area (Å²) >= 11 is 0. The molecule has 1 aromatic heterocycles. The average Bonchev–Trinajstić information content (AvgIpc) is 2.99. The molecule has 1 N–H and O–H groups in total. The molecule has 0 amide bonds. The van der Waals surface area contributed by atoms with Crippen LogP contribution < -0.4 is 4.74 Å². The molecule has 0 unspecified atom stereocenters. The van der Waals surface area contributed by atoms with E-state index in [2.05, 4.69) is 5.10 Å². The quantitative estimate of drug-likeness (QED) is 0.933. The van der Waals surface area contributed by atoms with Crippen molar-refractivity contribution in [3.05, 3.63) is 41.0 Å². The third kappa shape index (κ3) is 1.84. The molecule has 6 heteroatoms. The monoisotopic (exact) mass is 276 g/mol. The molecule has 20 heavy (non-hydrogen) atoms. The van der Waals surface area contributed by atoms with Crippen molar-refractivity contribution in [3.8, 4) is 11.4 Å². The van der Waals surface area contributed by atoms with Crippen LogP contribution in [-0.2, 0) is 12.8 Å². The zero-order valence-electron chi connectivity index (χ0n) is 10.9. The molecule has 0 bridgehead atoms. The second-order valence-electron chi connectivity index (χ2n) is 4.66. The van der Waals surface area contributed by atoms with Gasteiger partial charge in [0.15, 0.2) is 17.3 Å². The molecule has 3 rings (SSSR count). The van der Waals surface area contributed by atoms with Gasteiger partial charge >= 0.3 is 5.97 Å². The highest BCUT2D eigenvalue weighted by atomic mass is 19.1. The number of benzene rings is 1. The van der Waals surface area contributed by atoms with Crippen LogP contribution in [0, 0.1) is 5.82 Å². The summed E-state index contributed by atoms with van der Waals surface area (Å²) in [5, 5.41) is 13.3. The lowest BCUT2D eigenvalue weighted by Crippen LogP contribution is -2.05. The van der Waals surface area contributed by atoms with Crippen LogP contribution in [0.25, 0.3) is 5.69 Å². The zero-order valence-corrected chi connectivity index (χ0v) is 10.9. The third-order valence-electron chi connectivity index (χ3n) is 3.51. The molecular weight excluding hydrogens is 263 g/mol. The summed E-state index contributed by atoms with van der Waals surface area (Å²) in [5.74, 6) is -1.39. The Bertz CT molecular complexity index is 694. The molecule has 0 fully saturated rings. The molecule has 0 spiro atoms. The zero-order chi connectivity index (χ0) is 14.3. The Kier molecular flexibility index (Phi) is 2.93. The number of rotatable bonds is 3. The smallest absolute Gasteiger partial charge is 0.356 e. The van der Waals surface area contributed by atoms with E-state index < -0.39 is 11.8 Å². The fraction of sp³-hybridized carbons (Fsp3) is 0.286. The predicted octanol–water partition coefficient (Wildman–Crippen LogP) is 2.21. The Morgan fingerprint density at radius 1 is 1.45 bits per heavy atom. The molecule has 0 atom stereocenters. The summed E-state index contributed by atoms with van der Waals surface area (Å²) in [7, 11) is 1.40. The van der Waals surface area contributed by atoms with Gasteiger partial charge in [-0.2, -0.15) is 5.10 Å². The van der Waals surface area contributed by atoms with E-state index in [4.69, 9.17) is 4.74 Å². The lowest BCUT2D eigenvalue weighted by molar-refractivity contribution is 0.0689. The molecule has 104 valence electrons. The molecule has 0 aliphatic heterocycles. The summed E-state index contributed by atoms with van der Waals surface area (Å²) in [6, 6.07) is 4.48. The highest BCUT2D eigenvalue weighted by Gasteiger charge is 2.26. The Hall–Kier alpha value is -2.37. The molecular formula is C14H13FN2O3. The number of methoxy groups -OCH3 is 1. The number of fused-ring (bicyclic) bond motifs is 1. The van der Waals surface area contributed by atoms with Gasteiger partial charge in [-0.15, -0.1) is 0 Å². The van der Waals surface area contributed by atoms with Crippen LogP contribution in [0.2, 0.25) is 0 Å². The molecule has 0 radical (unpaired) electrons. The van der Waals surface area contributed by atoms with Crippen molar-refractivity contribution in [1.29, 1.82) is 0 Å². The summed E-state index contributed by atoms with van der Waals surface area (Å²) in [6.07, 6.45) is 2.35. The number of hydrogen-bond acceptors (Lipinski definition) is 3. The largest absolute Gasteiger partial charge is 0.494 e.